The van der Waals surface area contributed by atoms with Gasteiger partial charge in [-0.25, -0.2) is 28.0 Å². The van der Waals surface area contributed by atoms with Crippen molar-refractivity contribution in [3.05, 3.63) is 33.7 Å². The third-order valence-corrected chi connectivity index (χ3v) is 13.3. The number of carbonyl (C=O) groups excluding carboxylic acids is 3. The Bertz CT molecular complexity index is 1750. The second-order valence-electron chi connectivity index (χ2n) is 16.2. The molecule has 0 saturated heterocycles. The molecule has 1 aromatic rings. The Morgan fingerprint density at radius 1 is 0.964 bits per heavy atom. The van der Waals surface area contributed by atoms with Crippen LogP contribution in [0.4, 0.5) is 5.82 Å². The molecule has 1 aromatic heterocycles. The molecule has 2 aliphatic carbocycles. The van der Waals surface area contributed by atoms with E-state index in [1.54, 1.807) is 13.0 Å². The Kier molecular flexibility index (Phi) is 18.0. The van der Waals surface area contributed by atoms with Crippen molar-refractivity contribution in [2.75, 3.05) is 16.8 Å². The van der Waals surface area contributed by atoms with E-state index in [-0.39, 0.29) is 77.2 Å². The summed E-state index contributed by atoms with van der Waals surface area (Å²) in [4.78, 5) is 61.1. The quantitative estimate of drug-likeness (QED) is 0.0479. The average Bonchev–Trinajstić information content (AvgIpc) is 3.52. The normalized spacial score (nSPS) is 28.1. The number of ether oxygens (including phenoxy) is 1. The standard InChI is InChI=1S/C40H62N4O9S2.Cu/c1-11-33(54-13-12-14-55(48,49)50)39(46)44-38-34(40(47)52-35-23(4)15-21(2)16-24(35)5)28(9)32(43-38)19-31-27(8)30(37(42-31)41-29(10)45)20-51-53-36-25(6)17-22(3)18-26(36)7;/h19,21-26,33,35-36H,11-18,20H2,1-10H3,(H4,41,42,43,44,45,46,47,48,49,50);/q;+1/p-2. The average molecular weight is 869 g/mol. The molecule has 2 saturated carbocycles. The van der Waals surface area contributed by atoms with Crippen LogP contribution in [0.1, 0.15) is 118 Å². The summed E-state index contributed by atoms with van der Waals surface area (Å²) in [7, 11) is -4.36. The molecule has 4 rings (SSSR count). The van der Waals surface area contributed by atoms with Crippen molar-refractivity contribution < 1.29 is 58.9 Å². The zero-order valence-electron chi connectivity index (χ0n) is 34.3. The molecule has 0 aromatic carbocycles. The van der Waals surface area contributed by atoms with Crippen LogP contribution in [0.25, 0.3) is 6.08 Å². The molecule has 0 bridgehead atoms. The summed E-state index contributed by atoms with van der Waals surface area (Å²) >= 11 is 1.24. The summed E-state index contributed by atoms with van der Waals surface area (Å²) in [5, 5.41) is 5.07. The summed E-state index contributed by atoms with van der Waals surface area (Å²) in [5.74, 6) is 0.977. The van der Waals surface area contributed by atoms with E-state index in [0.717, 1.165) is 31.2 Å². The van der Waals surface area contributed by atoms with Crippen molar-refractivity contribution in [2.24, 2.45) is 40.5 Å². The van der Waals surface area contributed by atoms with E-state index < -0.39 is 33.0 Å². The largest absolute Gasteiger partial charge is 1.00 e. The number of carbonyl (C=O) groups is 3. The molecule has 56 heavy (non-hydrogen) atoms. The first kappa shape index (κ1) is 47.9. The number of esters is 1. The summed E-state index contributed by atoms with van der Waals surface area (Å²) < 4.78 is 39.4. The molecule has 5 atom stereocenters. The van der Waals surface area contributed by atoms with Gasteiger partial charge < -0.3 is 24.9 Å². The van der Waals surface area contributed by atoms with Gasteiger partial charge in [0.05, 0.1) is 27.2 Å². The molecule has 2 fully saturated rings. The number of allylic oxidation sites excluding steroid dienone is 1. The fraction of sp³-hybridized carbons (Fsp3) is 0.700. The van der Waals surface area contributed by atoms with Crippen LogP contribution in [0.15, 0.2) is 21.8 Å². The first-order chi connectivity index (χ1) is 25.8. The molecular weight excluding hydrogens is 808 g/mol. The van der Waals surface area contributed by atoms with E-state index in [1.165, 1.54) is 18.7 Å². The third-order valence-electron chi connectivity index (χ3n) is 11.1. The van der Waals surface area contributed by atoms with E-state index in [0.29, 0.717) is 58.4 Å². The van der Waals surface area contributed by atoms with Crippen molar-refractivity contribution in [2.45, 2.75) is 132 Å². The molecule has 318 valence electrons. The monoisotopic (exact) mass is 867 g/mol. The molecule has 2 heterocycles. The molecule has 0 radical (unpaired) electrons. The van der Waals surface area contributed by atoms with Gasteiger partial charge in [0.25, 0.3) is 0 Å². The maximum absolute atomic E-state index is 14.1. The summed E-state index contributed by atoms with van der Waals surface area (Å²) in [6, 6.07) is 0. The minimum atomic E-state index is -4.36. The number of thioether (sulfide) groups is 1. The second kappa shape index (κ2) is 21.0. The van der Waals surface area contributed by atoms with Gasteiger partial charge in [0.15, 0.2) is 0 Å². The molecule has 3 aliphatic rings. The maximum Gasteiger partial charge on any atom is 1.00 e. The number of aliphatic imine (C=N–C) groups is 1. The molecular formula is C40H60CuN4O9S2-. The Morgan fingerprint density at radius 3 is 2.07 bits per heavy atom. The number of rotatable bonds is 15. The predicted octanol–water partition coefficient (Wildman–Crippen LogP) is 6.67. The minimum Gasteiger partial charge on any atom is -0.748 e. The topological polar surface area (TPSA) is 187 Å². The molecule has 5 unspecified atom stereocenters. The molecule has 13 nitrogen and oxygen atoms in total. The van der Waals surface area contributed by atoms with Gasteiger partial charge in [0, 0.05) is 5.75 Å². The van der Waals surface area contributed by atoms with Gasteiger partial charge in [-0.2, -0.15) is 0 Å². The van der Waals surface area contributed by atoms with Crippen LogP contribution in [-0.2, 0) is 62.7 Å². The van der Waals surface area contributed by atoms with Gasteiger partial charge in [-0.3, -0.25) is 9.59 Å². The molecule has 2 amide bonds. The number of amidine groups is 1. The third kappa shape index (κ3) is 12.8. The van der Waals surface area contributed by atoms with Gasteiger partial charge in [0.1, 0.15) is 30.0 Å². The van der Waals surface area contributed by atoms with Crippen molar-refractivity contribution >= 4 is 57.4 Å². The van der Waals surface area contributed by atoms with E-state index in [1.807, 2.05) is 13.8 Å². The summed E-state index contributed by atoms with van der Waals surface area (Å²) in [5.41, 5.74) is 2.88. The van der Waals surface area contributed by atoms with Crippen LogP contribution in [0.3, 0.4) is 0 Å². The van der Waals surface area contributed by atoms with Crippen LogP contribution < -0.4 is 15.6 Å². The van der Waals surface area contributed by atoms with Crippen LogP contribution >= 0.6 is 11.8 Å². The zero-order chi connectivity index (χ0) is 40.8. The Labute approximate surface area is 347 Å². The van der Waals surface area contributed by atoms with Crippen molar-refractivity contribution in [3.63, 3.8) is 0 Å². The Morgan fingerprint density at radius 2 is 1.54 bits per heavy atom. The van der Waals surface area contributed by atoms with Crippen LogP contribution in [0, 0.1) is 42.4 Å². The number of aromatic nitrogens is 1. The minimum absolute atomic E-state index is 0. The van der Waals surface area contributed by atoms with Gasteiger partial charge in [0.2, 0.25) is 5.91 Å². The van der Waals surface area contributed by atoms with Crippen LogP contribution in [-0.4, -0.2) is 65.6 Å². The molecule has 2 N–H and O–H groups in total. The number of hydrogen-bond acceptors (Lipinski definition) is 11. The fourth-order valence-electron chi connectivity index (χ4n) is 8.57. The smallest absolute Gasteiger partial charge is 0.748 e. The van der Waals surface area contributed by atoms with Gasteiger partial charge in [-0.05, 0) is 129 Å². The zero-order valence-corrected chi connectivity index (χ0v) is 36.9. The van der Waals surface area contributed by atoms with Gasteiger partial charge in [-0.1, -0.05) is 54.3 Å². The maximum atomic E-state index is 14.1. The van der Waals surface area contributed by atoms with E-state index in [4.69, 9.17) is 24.5 Å². The van der Waals surface area contributed by atoms with Crippen molar-refractivity contribution in [1.29, 1.82) is 0 Å². The van der Waals surface area contributed by atoms with Crippen LogP contribution in [0.5, 0.6) is 0 Å². The molecule has 0 spiro atoms. The van der Waals surface area contributed by atoms with Crippen molar-refractivity contribution in [3.8, 4) is 0 Å². The number of hydrogen-bond donors (Lipinski definition) is 2. The summed E-state index contributed by atoms with van der Waals surface area (Å²) in [6.45, 7) is 19.9. The fourth-order valence-corrected chi connectivity index (χ4v) is 10.3. The number of amides is 2. The van der Waals surface area contributed by atoms with E-state index >= 15 is 0 Å². The molecule has 16 heteroatoms. The van der Waals surface area contributed by atoms with E-state index in [9.17, 15) is 27.4 Å². The first-order valence-corrected chi connectivity index (χ1v) is 22.2. The number of nitrogens with zero attached hydrogens (tertiary/aromatic N) is 2. The second-order valence-corrected chi connectivity index (χ2v) is 19.1. The van der Waals surface area contributed by atoms with Gasteiger partial charge >= 0.3 is 23.0 Å². The first-order valence-electron chi connectivity index (χ1n) is 19.6. The summed E-state index contributed by atoms with van der Waals surface area (Å²) in [6.07, 6.45) is 5.86. The van der Waals surface area contributed by atoms with Gasteiger partial charge in [-0.15, -0.1) is 11.8 Å². The van der Waals surface area contributed by atoms with Crippen LogP contribution in [0.2, 0.25) is 0 Å². The molecule has 1 aliphatic heterocycles. The SMILES string of the molecule is CCC(SCCCS(=O)(=O)[O-])C(=O)NC1=N/C(=C\c2[n-]c(NC(C)=O)c(COOC3C(C)CC(C)CC3C)c2C)C(C)=C1C(=O)OC1C(C)CC(C)CC1C.[Cu+]. The number of nitrogens with one attached hydrogen (secondary N) is 2. The Hall–Kier alpha value is -2.46. The number of anilines is 1. The predicted molar refractivity (Wildman–Crippen MR) is 214 cm³/mol. The Balaban J connectivity index is 0.00000841. The van der Waals surface area contributed by atoms with E-state index in [2.05, 4.69) is 52.2 Å². The van der Waals surface area contributed by atoms with Crippen molar-refractivity contribution in [1.82, 2.24) is 10.3 Å².